The zero-order valence-electron chi connectivity index (χ0n) is 11.8. The van der Waals surface area contributed by atoms with Crippen LogP contribution in [0, 0.1) is 0 Å². The molecule has 0 unspecified atom stereocenters. The van der Waals surface area contributed by atoms with E-state index in [0.717, 1.165) is 0 Å². The molecule has 0 radical (unpaired) electrons. The fourth-order valence-electron chi connectivity index (χ4n) is 1.68. The number of hydrogen-bond donors (Lipinski definition) is 0. The number of hydrogen-bond acceptors (Lipinski definition) is 4. The van der Waals surface area contributed by atoms with Crippen molar-refractivity contribution in [3.63, 3.8) is 0 Å². The Morgan fingerprint density at radius 3 is 2.27 bits per heavy atom. The van der Waals surface area contributed by atoms with Crippen molar-refractivity contribution in [1.82, 2.24) is 5.06 Å². The van der Waals surface area contributed by atoms with E-state index in [2.05, 4.69) is 11.4 Å². The van der Waals surface area contributed by atoms with Gasteiger partial charge >= 0.3 is 17.8 Å². The smallest absolute Gasteiger partial charge is 0.327 e. The minimum absolute atomic E-state index is 0.0129. The lowest BCUT2D eigenvalue weighted by molar-refractivity contribution is -0.243. The van der Waals surface area contributed by atoms with E-state index in [0.29, 0.717) is 6.42 Å². The fraction of sp³-hybridized carbons (Fsp3) is 0.615. The summed E-state index contributed by atoms with van der Waals surface area (Å²) in [5.41, 5.74) is -0.102. The summed E-state index contributed by atoms with van der Waals surface area (Å²) in [4.78, 5) is 37.8. The third-order valence-corrected chi connectivity index (χ3v) is 3.07. The van der Waals surface area contributed by atoms with Crippen LogP contribution < -0.4 is 0 Å². The maximum absolute atomic E-state index is 13.6. The first-order chi connectivity index (χ1) is 10.1. The van der Waals surface area contributed by atoms with Gasteiger partial charge in [-0.1, -0.05) is 19.9 Å². The average molecular weight is 325 g/mol. The van der Waals surface area contributed by atoms with Crippen molar-refractivity contribution in [1.29, 1.82) is 0 Å². The van der Waals surface area contributed by atoms with E-state index in [1.165, 1.54) is 0 Å². The Balaban J connectivity index is 2.87. The molecule has 0 bridgehead atoms. The lowest BCUT2D eigenvalue weighted by Gasteiger charge is -2.25. The number of Topliss-reactive ketones (excluding diaryl/α,β-unsaturated/α-hetero) is 1. The van der Waals surface area contributed by atoms with Crippen LogP contribution in [0.1, 0.15) is 39.0 Å². The van der Waals surface area contributed by atoms with Gasteiger partial charge in [-0.05, 0) is 12.8 Å². The van der Waals surface area contributed by atoms with Crippen molar-refractivity contribution in [3.05, 3.63) is 12.3 Å². The van der Waals surface area contributed by atoms with Gasteiger partial charge in [-0.15, -0.1) is 5.06 Å². The zero-order valence-corrected chi connectivity index (χ0v) is 11.8. The molecule has 1 fully saturated rings. The number of alkyl halides is 4. The van der Waals surface area contributed by atoms with E-state index in [-0.39, 0.29) is 30.0 Å². The molecule has 1 rings (SSSR count). The van der Waals surface area contributed by atoms with Crippen molar-refractivity contribution in [3.8, 4) is 0 Å². The minimum Gasteiger partial charge on any atom is -0.327 e. The second-order valence-electron chi connectivity index (χ2n) is 4.81. The molecule has 1 amide bonds. The molecule has 22 heavy (non-hydrogen) atoms. The monoisotopic (exact) mass is 325 g/mol. The maximum Gasteiger partial charge on any atom is 0.414 e. The van der Waals surface area contributed by atoms with Gasteiger partial charge in [0.15, 0.2) is 0 Å². The van der Waals surface area contributed by atoms with Crippen LogP contribution in [0.5, 0.6) is 0 Å². The topological polar surface area (TPSA) is 63.7 Å². The van der Waals surface area contributed by atoms with Crippen molar-refractivity contribution >= 4 is 17.7 Å². The predicted molar refractivity (Wildman–Crippen MR) is 65.7 cm³/mol. The summed E-state index contributed by atoms with van der Waals surface area (Å²) in [5, 5.41) is 0.156. The van der Waals surface area contributed by atoms with Crippen LogP contribution in [0.4, 0.5) is 17.6 Å². The van der Waals surface area contributed by atoms with E-state index in [4.69, 9.17) is 0 Å². The quantitative estimate of drug-likeness (QED) is 0.675. The molecule has 0 N–H and O–H groups in total. The standard InChI is InChI=1S/C13H15F4NO4/c1-3-4-5-9(19)12(14,15)13(16,17)11(21)22-18-8(2)6-7-10(18)20/h2-7H2,1H3. The number of allylic oxidation sites excluding steroid dienone is 1. The number of hydroxylamine groups is 2. The molecule has 1 saturated heterocycles. The summed E-state index contributed by atoms with van der Waals surface area (Å²) < 4.78 is 54.2. The van der Waals surface area contributed by atoms with Crippen molar-refractivity contribution < 1.29 is 36.8 Å². The number of rotatable bonds is 7. The Morgan fingerprint density at radius 1 is 1.23 bits per heavy atom. The number of unbranched alkanes of at least 4 members (excludes halogenated alkanes) is 1. The summed E-state index contributed by atoms with van der Waals surface area (Å²) >= 11 is 0. The lowest BCUT2D eigenvalue weighted by atomic mass is 10.0. The second kappa shape index (κ2) is 6.45. The Labute approximate surface area is 123 Å². The summed E-state index contributed by atoms with van der Waals surface area (Å²) in [6.07, 6.45) is -0.532. The van der Waals surface area contributed by atoms with E-state index in [1.807, 2.05) is 0 Å². The molecule has 0 aromatic heterocycles. The third-order valence-electron chi connectivity index (χ3n) is 3.07. The number of amides is 1. The molecule has 0 spiro atoms. The van der Waals surface area contributed by atoms with Crippen LogP contribution in [0.3, 0.4) is 0 Å². The third kappa shape index (κ3) is 3.28. The summed E-state index contributed by atoms with van der Waals surface area (Å²) in [6.45, 7) is 4.87. The van der Waals surface area contributed by atoms with E-state index >= 15 is 0 Å². The molecular weight excluding hydrogens is 310 g/mol. The molecule has 0 aromatic rings. The number of carbonyl (C=O) groups is 3. The Hall–Kier alpha value is -1.93. The summed E-state index contributed by atoms with van der Waals surface area (Å²) in [6, 6.07) is 0. The van der Waals surface area contributed by atoms with Crippen molar-refractivity contribution in [2.24, 2.45) is 0 Å². The molecule has 9 heteroatoms. The Bertz CT molecular complexity index is 488. The molecule has 0 aromatic carbocycles. The lowest BCUT2D eigenvalue weighted by Crippen LogP contribution is -2.54. The summed E-state index contributed by atoms with van der Waals surface area (Å²) in [7, 11) is 0. The first-order valence-electron chi connectivity index (χ1n) is 6.57. The van der Waals surface area contributed by atoms with Gasteiger partial charge in [0.1, 0.15) is 0 Å². The van der Waals surface area contributed by atoms with Gasteiger partial charge < -0.3 is 4.84 Å². The van der Waals surface area contributed by atoms with E-state index in [9.17, 15) is 31.9 Å². The molecule has 1 aliphatic heterocycles. The Morgan fingerprint density at radius 2 is 1.82 bits per heavy atom. The van der Waals surface area contributed by atoms with Crippen molar-refractivity contribution in [2.45, 2.75) is 50.9 Å². The molecular formula is C13H15F4NO4. The van der Waals surface area contributed by atoms with Gasteiger partial charge in [0.05, 0.1) is 5.70 Å². The highest BCUT2D eigenvalue weighted by Gasteiger charge is 2.68. The molecule has 0 aliphatic carbocycles. The molecule has 0 atom stereocenters. The SMILES string of the molecule is C=C1CCC(=O)N1OC(=O)C(F)(F)C(F)(F)C(=O)CCCC. The number of halogens is 4. The van der Waals surface area contributed by atoms with Gasteiger partial charge in [-0.2, -0.15) is 17.6 Å². The van der Waals surface area contributed by atoms with E-state index in [1.54, 1.807) is 6.92 Å². The molecule has 1 heterocycles. The highest BCUT2D eigenvalue weighted by molar-refractivity contribution is 5.94. The second-order valence-corrected chi connectivity index (χ2v) is 4.81. The molecule has 124 valence electrons. The van der Waals surface area contributed by atoms with Crippen LogP contribution in [0.2, 0.25) is 0 Å². The number of carbonyl (C=O) groups excluding carboxylic acids is 3. The van der Waals surface area contributed by atoms with Gasteiger partial charge in [0.2, 0.25) is 5.78 Å². The van der Waals surface area contributed by atoms with Crippen LogP contribution in [0.15, 0.2) is 12.3 Å². The minimum atomic E-state index is -5.37. The normalized spacial score (nSPS) is 16.1. The number of ketones is 1. The maximum atomic E-state index is 13.6. The first kappa shape index (κ1) is 18.1. The fourth-order valence-corrected chi connectivity index (χ4v) is 1.68. The van der Waals surface area contributed by atoms with Crippen LogP contribution in [0.25, 0.3) is 0 Å². The van der Waals surface area contributed by atoms with Crippen LogP contribution >= 0.6 is 0 Å². The highest BCUT2D eigenvalue weighted by Crippen LogP contribution is 2.38. The van der Waals surface area contributed by atoms with Gasteiger partial charge in [-0.25, -0.2) is 4.79 Å². The predicted octanol–water partition coefficient (Wildman–Crippen LogP) is 2.61. The Kier molecular flexibility index (Phi) is 5.31. The van der Waals surface area contributed by atoms with E-state index < -0.39 is 35.9 Å². The highest BCUT2D eigenvalue weighted by atomic mass is 19.3. The first-order valence-corrected chi connectivity index (χ1v) is 6.57. The van der Waals surface area contributed by atoms with Crippen LogP contribution in [-0.2, 0) is 19.2 Å². The van der Waals surface area contributed by atoms with Gasteiger partial charge in [0.25, 0.3) is 5.91 Å². The zero-order chi connectivity index (χ0) is 17.1. The molecule has 5 nitrogen and oxygen atoms in total. The average Bonchev–Trinajstić information content (AvgIpc) is 2.75. The largest absolute Gasteiger partial charge is 0.414 e. The van der Waals surface area contributed by atoms with Crippen molar-refractivity contribution in [2.75, 3.05) is 0 Å². The summed E-state index contributed by atoms with van der Waals surface area (Å²) in [5.74, 6) is -16.2. The molecule has 1 aliphatic rings. The number of nitrogens with zero attached hydrogens (tertiary/aromatic N) is 1. The van der Waals surface area contributed by atoms with Gasteiger partial charge in [-0.3, -0.25) is 9.59 Å². The van der Waals surface area contributed by atoms with Gasteiger partial charge in [0, 0.05) is 12.8 Å². The molecule has 0 saturated carbocycles. The van der Waals surface area contributed by atoms with Crippen LogP contribution in [-0.4, -0.2) is 34.6 Å².